The average molecular weight is 212 g/mol. The number of hydrogen-bond donors (Lipinski definition) is 1. The van der Waals surface area contributed by atoms with Gasteiger partial charge in [0.15, 0.2) is 0 Å². The number of pyridine rings is 1. The van der Waals surface area contributed by atoms with Gasteiger partial charge in [-0.1, -0.05) is 18.2 Å². The summed E-state index contributed by atoms with van der Waals surface area (Å²) >= 11 is 0. The van der Waals surface area contributed by atoms with Crippen LogP contribution in [0.25, 0.3) is 10.9 Å². The van der Waals surface area contributed by atoms with E-state index in [1.165, 1.54) is 5.56 Å². The van der Waals surface area contributed by atoms with Crippen molar-refractivity contribution in [3.63, 3.8) is 0 Å². The lowest BCUT2D eigenvalue weighted by molar-refractivity contribution is -0.119. The molecule has 2 aromatic rings. The summed E-state index contributed by atoms with van der Waals surface area (Å²) in [5.74, 6) is 0.144. The van der Waals surface area contributed by atoms with Gasteiger partial charge in [-0.15, -0.1) is 0 Å². The van der Waals surface area contributed by atoms with Crippen LogP contribution in [0.3, 0.4) is 0 Å². The molecule has 1 aromatic carbocycles. The second-order valence-corrected chi connectivity index (χ2v) is 4.08. The topological polar surface area (TPSA) is 42.0 Å². The summed E-state index contributed by atoms with van der Waals surface area (Å²) in [6, 6.07) is 10.2. The van der Waals surface area contributed by atoms with Gasteiger partial charge in [-0.25, -0.2) is 0 Å². The number of benzene rings is 1. The summed E-state index contributed by atoms with van der Waals surface area (Å²) in [5, 5.41) is 4.13. The minimum absolute atomic E-state index is 0.144. The van der Waals surface area contributed by atoms with Crippen molar-refractivity contribution in [1.29, 1.82) is 0 Å². The molecular formula is C13H12N2O. The number of fused-ring (bicyclic) bond motifs is 1. The van der Waals surface area contributed by atoms with Crippen LogP contribution in [0.5, 0.6) is 0 Å². The van der Waals surface area contributed by atoms with Crippen molar-refractivity contribution in [2.45, 2.75) is 18.9 Å². The number of carbonyl (C=O) groups excluding carboxylic acids is 1. The lowest BCUT2D eigenvalue weighted by atomic mass is 10.0. The molecule has 1 amide bonds. The molecule has 3 rings (SSSR count). The third kappa shape index (κ3) is 1.45. The molecule has 1 aliphatic heterocycles. The Balaban J connectivity index is 2.13. The molecule has 2 heterocycles. The Labute approximate surface area is 93.5 Å². The molecule has 1 saturated heterocycles. The molecule has 1 N–H and O–H groups in total. The highest BCUT2D eigenvalue weighted by molar-refractivity contribution is 5.85. The van der Waals surface area contributed by atoms with E-state index < -0.39 is 0 Å². The second-order valence-electron chi connectivity index (χ2n) is 4.08. The fourth-order valence-corrected chi connectivity index (χ4v) is 2.28. The van der Waals surface area contributed by atoms with Crippen molar-refractivity contribution < 1.29 is 4.79 Å². The zero-order valence-electron chi connectivity index (χ0n) is 8.81. The number of nitrogens with one attached hydrogen (secondary N) is 1. The molecule has 1 aromatic heterocycles. The number of amides is 1. The highest BCUT2D eigenvalue weighted by Gasteiger charge is 2.23. The van der Waals surface area contributed by atoms with E-state index in [1.54, 1.807) is 6.20 Å². The number of rotatable bonds is 1. The first-order valence-corrected chi connectivity index (χ1v) is 5.47. The fourth-order valence-electron chi connectivity index (χ4n) is 2.28. The molecule has 3 nitrogen and oxygen atoms in total. The molecule has 1 unspecified atom stereocenters. The highest BCUT2D eigenvalue weighted by Crippen LogP contribution is 2.28. The molecule has 3 heteroatoms. The Morgan fingerprint density at radius 2 is 2.19 bits per heavy atom. The predicted molar refractivity (Wildman–Crippen MR) is 61.9 cm³/mol. The van der Waals surface area contributed by atoms with Gasteiger partial charge in [0.1, 0.15) is 0 Å². The maximum Gasteiger partial charge on any atom is 0.220 e. The van der Waals surface area contributed by atoms with Crippen LogP contribution in [0, 0.1) is 0 Å². The van der Waals surface area contributed by atoms with E-state index in [0.29, 0.717) is 6.42 Å². The predicted octanol–water partition coefficient (Wildman–Crippen LogP) is 2.19. The van der Waals surface area contributed by atoms with Crippen molar-refractivity contribution in [1.82, 2.24) is 10.3 Å². The van der Waals surface area contributed by atoms with Crippen LogP contribution in [0.2, 0.25) is 0 Å². The minimum Gasteiger partial charge on any atom is -0.349 e. The zero-order valence-corrected chi connectivity index (χ0v) is 8.81. The van der Waals surface area contributed by atoms with Crippen LogP contribution in [-0.4, -0.2) is 10.9 Å². The Bertz CT molecular complexity index is 545. The van der Waals surface area contributed by atoms with Crippen LogP contribution in [0.1, 0.15) is 24.4 Å². The van der Waals surface area contributed by atoms with Gasteiger partial charge < -0.3 is 5.32 Å². The highest BCUT2D eigenvalue weighted by atomic mass is 16.1. The quantitative estimate of drug-likeness (QED) is 0.787. The molecule has 0 radical (unpaired) electrons. The fraction of sp³-hybridized carbons (Fsp3) is 0.231. The molecule has 1 fully saturated rings. The second kappa shape index (κ2) is 3.59. The van der Waals surface area contributed by atoms with Gasteiger partial charge in [-0.3, -0.25) is 9.78 Å². The molecule has 0 spiro atoms. The molecule has 16 heavy (non-hydrogen) atoms. The normalized spacial score (nSPS) is 20.0. The third-order valence-corrected chi connectivity index (χ3v) is 3.05. The minimum atomic E-state index is 0.144. The first kappa shape index (κ1) is 9.33. The molecule has 0 bridgehead atoms. The van der Waals surface area contributed by atoms with Gasteiger partial charge >= 0.3 is 0 Å². The van der Waals surface area contributed by atoms with Gasteiger partial charge in [0.2, 0.25) is 5.91 Å². The van der Waals surface area contributed by atoms with E-state index in [9.17, 15) is 4.79 Å². The van der Waals surface area contributed by atoms with Gasteiger partial charge in [-0.2, -0.15) is 0 Å². The van der Waals surface area contributed by atoms with Crippen molar-refractivity contribution >= 4 is 16.8 Å². The maximum absolute atomic E-state index is 11.2. The standard InChI is InChI=1S/C13H12N2O/c16-13-7-6-12(15-13)10-3-1-5-11-9(10)4-2-8-14-11/h1-5,8,12H,6-7H2,(H,15,16). The van der Waals surface area contributed by atoms with Gasteiger partial charge in [0.25, 0.3) is 0 Å². The Hall–Kier alpha value is -1.90. The Morgan fingerprint density at radius 1 is 1.25 bits per heavy atom. The zero-order chi connectivity index (χ0) is 11.0. The Kier molecular flexibility index (Phi) is 2.10. The van der Waals surface area contributed by atoms with E-state index in [0.717, 1.165) is 17.3 Å². The van der Waals surface area contributed by atoms with E-state index in [-0.39, 0.29) is 11.9 Å². The summed E-state index contributed by atoms with van der Waals surface area (Å²) in [7, 11) is 0. The summed E-state index contributed by atoms with van der Waals surface area (Å²) in [6.45, 7) is 0. The number of aromatic nitrogens is 1. The molecule has 1 aliphatic rings. The van der Waals surface area contributed by atoms with Gasteiger partial charge in [0.05, 0.1) is 11.6 Å². The van der Waals surface area contributed by atoms with E-state index in [1.807, 2.05) is 18.2 Å². The van der Waals surface area contributed by atoms with Gasteiger partial charge in [-0.05, 0) is 24.1 Å². The van der Waals surface area contributed by atoms with Crippen LogP contribution in [0.15, 0.2) is 36.5 Å². The smallest absolute Gasteiger partial charge is 0.220 e. The van der Waals surface area contributed by atoms with Crippen molar-refractivity contribution in [3.05, 3.63) is 42.1 Å². The largest absolute Gasteiger partial charge is 0.349 e. The Morgan fingerprint density at radius 3 is 3.00 bits per heavy atom. The number of nitrogens with zero attached hydrogens (tertiary/aromatic N) is 1. The summed E-state index contributed by atoms with van der Waals surface area (Å²) in [6.07, 6.45) is 3.30. The van der Waals surface area contributed by atoms with E-state index >= 15 is 0 Å². The van der Waals surface area contributed by atoms with Crippen LogP contribution in [0.4, 0.5) is 0 Å². The summed E-state index contributed by atoms with van der Waals surface area (Å²) in [4.78, 5) is 15.6. The van der Waals surface area contributed by atoms with Crippen molar-refractivity contribution in [2.24, 2.45) is 0 Å². The first-order valence-electron chi connectivity index (χ1n) is 5.47. The lowest BCUT2D eigenvalue weighted by Gasteiger charge is -2.12. The first-order chi connectivity index (χ1) is 7.84. The SMILES string of the molecule is O=C1CCC(c2cccc3ncccc23)N1. The average Bonchev–Trinajstić information content (AvgIpc) is 2.75. The molecule has 0 saturated carbocycles. The number of carbonyl (C=O) groups is 1. The van der Waals surface area contributed by atoms with E-state index in [4.69, 9.17) is 0 Å². The summed E-state index contributed by atoms with van der Waals surface area (Å²) < 4.78 is 0. The number of hydrogen-bond acceptors (Lipinski definition) is 2. The van der Waals surface area contributed by atoms with E-state index in [2.05, 4.69) is 22.4 Å². The lowest BCUT2D eigenvalue weighted by Crippen LogP contribution is -2.18. The molecule has 1 atom stereocenters. The van der Waals surface area contributed by atoms with Crippen molar-refractivity contribution in [2.75, 3.05) is 0 Å². The molecule has 0 aliphatic carbocycles. The monoisotopic (exact) mass is 212 g/mol. The van der Waals surface area contributed by atoms with Crippen LogP contribution >= 0.6 is 0 Å². The van der Waals surface area contributed by atoms with Crippen LogP contribution < -0.4 is 5.32 Å². The maximum atomic E-state index is 11.2. The molecule has 80 valence electrons. The summed E-state index contributed by atoms with van der Waals surface area (Å²) in [5.41, 5.74) is 2.16. The van der Waals surface area contributed by atoms with Crippen molar-refractivity contribution in [3.8, 4) is 0 Å². The molecular weight excluding hydrogens is 200 g/mol. The third-order valence-electron chi connectivity index (χ3n) is 3.05. The van der Waals surface area contributed by atoms with Crippen LogP contribution in [-0.2, 0) is 4.79 Å². The van der Waals surface area contributed by atoms with Gasteiger partial charge in [0, 0.05) is 18.0 Å².